The van der Waals surface area contributed by atoms with Crippen molar-refractivity contribution in [2.24, 2.45) is 0 Å². The predicted octanol–water partition coefficient (Wildman–Crippen LogP) is 3.06. The number of benzene rings is 1. The SMILES string of the molecule is Cc1cc(CCc2c[nH]c3ccccc23)oc(=O)c1C(=O)NC(C)CCN1CCOCC1. The van der Waals surface area contributed by atoms with Crippen molar-refractivity contribution in [3.05, 3.63) is 69.4 Å². The van der Waals surface area contributed by atoms with Crippen LogP contribution in [0.4, 0.5) is 0 Å². The highest BCUT2D eigenvalue weighted by atomic mass is 16.5. The molecule has 1 aliphatic rings. The maximum absolute atomic E-state index is 12.7. The van der Waals surface area contributed by atoms with Gasteiger partial charge in [0.15, 0.2) is 0 Å². The molecule has 1 amide bonds. The summed E-state index contributed by atoms with van der Waals surface area (Å²) in [4.78, 5) is 30.9. The lowest BCUT2D eigenvalue weighted by molar-refractivity contribution is 0.0363. The molecule has 3 heterocycles. The van der Waals surface area contributed by atoms with Crippen LogP contribution in [0.3, 0.4) is 0 Å². The van der Waals surface area contributed by atoms with Crippen LogP contribution >= 0.6 is 0 Å². The van der Waals surface area contributed by atoms with Gasteiger partial charge in [0.1, 0.15) is 11.3 Å². The van der Waals surface area contributed by atoms with Crippen molar-refractivity contribution in [2.75, 3.05) is 32.8 Å². The fraction of sp³-hybridized carbons (Fsp3) is 0.440. The summed E-state index contributed by atoms with van der Waals surface area (Å²) in [7, 11) is 0. The van der Waals surface area contributed by atoms with Gasteiger partial charge in [-0.25, -0.2) is 4.79 Å². The number of nitrogens with one attached hydrogen (secondary N) is 2. The molecule has 1 atom stereocenters. The van der Waals surface area contributed by atoms with Crippen LogP contribution in [0.25, 0.3) is 10.9 Å². The van der Waals surface area contributed by atoms with E-state index >= 15 is 0 Å². The van der Waals surface area contributed by atoms with Gasteiger partial charge in [-0.15, -0.1) is 0 Å². The highest BCUT2D eigenvalue weighted by Crippen LogP contribution is 2.20. The third-order valence-corrected chi connectivity index (χ3v) is 6.10. The Morgan fingerprint density at radius 3 is 2.78 bits per heavy atom. The second-order valence-corrected chi connectivity index (χ2v) is 8.53. The molecule has 7 heteroatoms. The number of carbonyl (C=O) groups excluding carboxylic acids is 1. The van der Waals surface area contributed by atoms with Crippen molar-refractivity contribution in [1.29, 1.82) is 0 Å². The van der Waals surface area contributed by atoms with Gasteiger partial charge in [-0.05, 0) is 49.9 Å². The van der Waals surface area contributed by atoms with Crippen molar-refractivity contribution in [2.45, 2.75) is 39.2 Å². The number of morpholine rings is 1. The number of amides is 1. The van der Waals surface area contributed by atoms with E-state index in [1.807, 2.05) is 37.4 Å². The van der Waals surface area contributed by atoms with Crippen LogP contribution in [-0.4, -0.2) is 54.7 Å². The number of aryl methyl sites for hydroxylation is 3. The summed E-state index contributed by atoms with van der Waals surface area (Å²) in [5.74, 6) is 0.226. The molecule has 32 heavy (non-hydrogen) atoms. The van der Waals surface area contributed by atoms with Crippen molar-refractivity contribution < 1.29 is 13.9 Å². The zero-order valence-corrected chi connectivity index (χ0v) is 18.8. The first-order chi connectivity index (χ1) is 15.5. The highest BCUT2D eigenvalue weighted by Gasteiger charge is 2.19. The number of para-hydroxylation sites is 1. The van der Waals surface area contributed by atoms with Crippen molar-refractivity contribution in [3.8, 4) is 0 Å². The Balaban J connectivity index is 1.36. The minimum atomic E-state index is -0.572. The van der Waals surface area contributed by atoms with Crippen LogP contribution in [0.1, 0.15) is 40.6 Å². The fourth-order valence-corrected chi connectivity index (χ4v) is 4.23. The van der Waals surface area contributed by atoms with Gasteiger partial charge in [0, 0.05) is 49.2 Å². The predicted molar refractivity (Wildman–Crippen MR) is 124 cm³/mol. The van der Waals surface area contributed by atoms with Gasteiger partial charge in [-0.3, -0.25) is 9.69 Å². The first kappa shape index (κ1) is 22.3. The zero-order valence-electron chi connectivity index (χ0n) is 18.8. The van der Waals surface area contributed by atoms with E-state index in [4.69, 9.17) is 9.15 Å². The van der Waals surface area contributed by atoms with E-state index in [1.54, 1.807) is 6.92 Å². The Bertz CT molecular complexity index is 1130. The average Bonchev–Trinajstić information content (AvgIpc) is 3.20. The Morgan fingerprint density at radius 2 is 2.00 bits per heavy atom. The standard InChI is InChI=1S/C25H31N3O4/c1-17-15-20(8-7-19-16-26-22-6-4-3-5-21(19)22)32-25(30)23(17)24(29)27-18(2)9-10-28-11-13-31-14-12-28/h3-6,15-16,18,26H,7-14H2,1-2H3,(H,27,29). The summed E-state index contributed by atoms with van der Waals surface area (Å²) in [6.45, 7) is 8.00. The number of hydrogen-bond donors (Lipinski definition) is 2. The molecule has 0 saturated carbocycles. The van der Waals surface area contributed by atoms with Gasteiger partial charge in [-0.1, -0.05) is 18.2 Å². The van der Waals surface area contributed by atoms with Gasteiger partial charge >= 0.3 is 5.63 Å². The summed E-state index contributed by atoms with van der Waals surface area (Å²) in [6.07, 6.45) is 4.15. The number of carbonyl (C=O) groups is 1. The monoisotopic (exact) mass is 437 g/mol. The third kappa shape index (κ3) is 5.29. The molecule has 170 valence electrons. The largest absolute Gasteiger partial charge is 0.427 e. The molecule has 4 rings (SSSR count). The van der Waals surface area contributed by atoms with Crippen molar-refractivity contribution in [3.63, 3.8) is 0 Å². The summed E-state index contributed by atoms with van der Waals surface area (Å²) in [6, 6.07) is 9.90. The van der Waals surface area contributed by atoms with E-state index in [2.05, 4.69) is 21.3 Å². The highest BCUT2D eigenvalue weighted by molar-refractivity contribution is 5.95. The van der Waals surface area contributed by atoms with E-state index in [0.717, 1.165) is 51.2 Å². The topological polar surface area (TPSA) is 87.6 Å². The number of rotatable bonds is 8. The Morgan fingerprint density at radius 1 is 1.22 bits per heavy atom. The summed E-state index contributed by atoms with van der Waals surface area (Å²) in [5, 5.41) is 4.13. The molecule has 0 radical (unpaired) electrons. The molecule has 0 bridgehead atoms. The van der Waals surface area contributed by atoms with E-state index in [1.165, 1.54) is 10.9 Å². The maximum Gasteiger partial charge on any atom is 0.349 e. The van der Waals surface area contributed by atoms with Crippen LogP contribution in [0.15, 0.2) is 45.7 Å². The number of aromatic nitrogens is 1. The lowest BCUT2D eigenvalue weighted by atomic mass is 10.0. The molecule has 0 aliphatic carbocycles. The van der Waals surface area contributed by atoms with Crippen LogP contribution < -0.4 is 10.9 Å². The minimum Gasteiger partial charge on any atom is -0.427 e. The van der Waals surface area contributed by atoms with Crippen LogP contribution in [-0.2, 0) is 17.6 Å². The molecule has 7 nitrogen and oxygen atoms in total. The van der Waals surface area contributed by atoms with E-state index in [-0.39, 0.29) is 17.5 Å². The molecule has 2 N–H and O–H groups in total. The van der Waals surface area contributed by atoms with Crippen LogP contribution in [0.5, 0.6) is 0 Å². The number of ether oxygens (including phenoxy) is 1. The number of hydrogen-bond acceptors (Lipinski definition) is 5. The second-order valence-electron chi connectivity index (χ2n) is 8.53. The Labute approximate surface area is 187 Å². The first-order valence-corrected chi connectivity index (χ1v) is 11.3. The minimum absolute atomic E-state index is 0.0364. The molecule has 1 fully saturated rings. The van der Waals surface area contributed by atoms with Crippen molar-refractivity contribution >= 4 is 16.8 Å². The molecule has 1 saturated heterocycles. The molecular formula is C25H31N3O4. The number of aromatic amines is 1. The summed E-state index contributed by atoms with van der Waals surface area (Å²) < 4.78 is 10.9. The summed E-state index contributed by atoms with van der Waals surface area (Å²) >= 11 is 0. The molecular weight excluding hydrogens is 406 g/mol. The average molecular weight is 438 g/mol. The molecule has 1 aromatic carbocycles. The molecule has 2 aromatic heterocycles. The lowest BCUT2D eigenvalue weighted by Crippen LogP contribution is -2.41. The van der Waals surface area contributed by atoms with Crippen LogP contribution in [0.2, 0.25) is 0 Å². The fourth-order valence-electron chi connectivity index (χ4n) is 4.23. The maximum atomic E-state index is 12.7. The summed E-state index contributed by atoms with van der Waals surface area (Å²) in [5.41, 5.74) is 2.44. The molecule has 3 aromatic rings. The van der Waals surface area contributed by atoms with Gasteiger partial charge in [0.2, 0.25) is 0 Å². The molecule has 0 spiro atoms. The number of fused-ring (bicyclic) bond motifs is 1. The van der Waals surface area contributed by atoms with E-state index in [9.17, 15) is 9.59 Å². The van der Waals surface area contributed by atoms with Gasteiger partial charge in [0.05, 0.1) is 13.2 Å². The van der Waals surface area contributed by atoms with Crippen LogP contribution in [0, 0.1) is 6.92 Å². The zero-order chi connectivity index (χ0) is 22.5. The van der Waals surface area contributed by atoms with Gasteiger partial charge in [0.25, 0.3) is 5.91 Å². The third-order valence-electron chi connectivity index (χ3n) is 6.10. The Hall–Kier alpha value is -2.90. The van der Waals surface area contributed by atoms with Crippen molar-refractivity contribution in [1.82, 2.24) is 15.2 Å². The number of nitrogens with zero attached hydrogens (tertiary/aromatic N) is 1. The molecule has 1 unspecified atom stereocenters. The van der Waals surface area contributed by atoms with Gasteiger partial charge in [-0.2, -0.15) is 0 Å². The van der Waals surface area contributed by atoms with E-state index in [0.29, 0.717) is 17.7 Å². The first-order valence-electron chi connectivity index (χ1n) is 11.3. The lowest BCUT2D eigenvalue weighted by Gasteiger charge is -2.27. The normalized spacial score (nSPS) is 15.7. The quantitative estimate of drug-likeness (QED) is 0.566. The van der Waals surface area contributed by atoms with Gasteiger partial charge < -0.3 is 19.5 Å². The smallest absolute Gasteiger partial charge is 0.349 e. The number of H-pyrrole nitrogens is 1. The second kappa shape index (κ2) is 10.1. The Kier molecular flexibility index (Phi) is 7.07. The molecule has 1 aliphatic heterocycles. The van der Waals surface area contributed by atoms with E-state index < -0.39 is 5.63 Å².